The number of nitrogen functional groups attached to an aromatic ring is 1. The Morgan fingerprint density at radius 3 is 2.37 bits per heavy atom. The molecule has 0 unspecified atom stereocenters. The normalized spacial score (nSPS) is 11.7. The van der Waals surface area contributed by atoms with Gasteiger partial charge in [0.25, 0.3) is 5.91 Å². The van der Waals surface area contributed by atoms with Crippen LogP contribution in [0.3, 0.4) is 0 Å². The third-order valence-corrected chi connectivity index (χ3v) is 3.75. The highest BCUT2D eigenvalue weighted by Crippen LogP contribution is 2.18. The molecule has 1 rings (SSSR count). The fourth-order valence-corrected chi connectivity index (χ4v) is 1.66. The number of nitrogens with zero attached hydrogens (tertiary/aromatic N) is 1. The minimum Gasteiger partial charge on any atom is -0.398 e. The molecule has 106 valence electrons. The van der Waals surface area contributed by atoms with Crippen molar-refractivity contribution in [2.75, 3.05) is 26.4 Å². The van der Waals surface area contributed by atoms with Gasteiger partial charge in [-0.15, -0.1) is 0 Å². The maximum absolute atomic E-state index is 12.2. The van der Waals surface area contributed by atoms with E-state index in [1.807, 2.05) is 34.0 Å². The number of aryl methyl sites for hydroxylation is 2. The van der Waals surface area contributed by atoms with E-state index < -0.39 is 0 Å². The predicted octanol–water partition coefficient (Wildman–Crippen LogP) is 1.96. The number of rotatable bonds is 4. The maximum atomic E-state index is 12.2. The number of hydrogen-bond donors (Lipinski definition) is 2. The van der Waals surface area contributed by atoms with Crippen molar-refractivity contribution in [3.05, 3.63) is 28.8 Å². The zero-order valence-electron chi connectivity index (χ0n) is 12.8. The van der Waals surface area contributed by atoms with E-state index in [-0.39, 0.29) is 11.4 Å². The second-order valence-electron chi connectivity index (χ2n) is 5.91. The van der Waals surface area contributed by atoms with E-state index in [0.717, 1.165) is 11.1 Å². The monoisotopic (exact) mass is 263 g/mol. The average Bonchev–Trinajstić information content (AvgIpc) is 2.30. The molecule has 0 fully saturated rings. The lowest BCUT2D eigenvalue weighted by Crippen LogP contribution is -2.48. The molecule has 0 bridgehead atoms. The van der Waals surface area contributed by atoms with E-state index in [1.54, 1.807) is 6.07 Å². The number of amides is 1. The van der Waals surface area contributed by atoms with Gasteiger partial charge in [0, 0.05) is 23.3 Å². The summed E-state index contributed by atoms with van der Waals surface area (Å²) in [4.78, 5) is 14.3. The summed E-state index contributed by atoms with van der Waals surface area (Å²) in [5.41, 5.74) is 9.04. The number of benzene rings is 1. The van der Waals surface area contributed by atoms with Gasteiger partial charge in [-0.05, 0) is 59.0 Å². The molecular formula is C15H25N3O. The van der Waals surface area contributed by atoms with E-state index in [0.29, 0.717) is 17.8 Å². The number of nitrogens with one attached hydrogen (secondary N) is 1. The van der Waals surface area contributed by atoms with Gasteiger partial charge < -0.3 is 16.0 Å². The molecule has 0 aromatic heterocycles. The smallest absolute Gasteiger partial charge is 0.251 e. The first-order chi connectivity index (χ1) is 8.65. The van der Waals surface area contributed by atoms with Crippen LogP contribution in [0.15, 0.2) is 12.1 Å². The molecule has 0 aliphatic heterocycles. The summed E-state index contributed by atoms with van der Waals surface area (Å²) >= 11 is 0. The fourth-order valence-electron chi connectivity index (χ4n) is 1.66. The Morgan fingerprint density at radius 1 is 1.26 bits per heavy atom. The molecule has 4 nitrogen and oxygen atoms in total. The Kier molecular flexibility index (Phi) is 4.58. The van der Waals surface area contributed by atoms with Crippen molar-refractivity contribution in [1.29, 1.82) is 0 Å². The zero-order chi connectivity index (χ0) is 14.8. The molecule has 4 heteroatoms. The minimum atomic E-state index is -0.0835. The van der Waals surface area contributed by atoms with Crippen molar-refractivity contribution in [3.8, 4) is 0 Å². The van der Waals surface area contributed by atoms with E-state index in [2.05, 4.69) is 24.1 Å². The van der Waals surface area contributed by atoms with Crippen LogP contribution in [0.2, 0.25) is 0 Å². The van der Waals surface area contributed by atoms with Crippen LogP contribution in [0.4, 0.5) is 5.69 Å². The molecule has 3 N–H and O–H groups in total. The number of likely N-dealkylation sites (N-methyl/N-ethyl adjacent to an activating group) is 1. The summed E-state index contributed by atoms with van der Waals surface area (Å²) in [6.07, 6.45) is 0. The Hall–Kier alpha value is -1.55. The lowest BCUT2D eigenvalue weighted by atomic mass is 10.0. The number of nitrogens with two attached hydrogens (primary N) is 1. The molecule has 1 aromatic carbocycles. The lowest BCUT2D eigenvalue weighted by Gasteiger charge is -2.32. The molecule has 1 amide bonds. The summed E-state index contributed by atoms with van der Waals surface area (Å²) in [6, 6.07) is 3.70. The molecular weight excluding hydrogens is 238 g/mol. The largest absolute Gasteiger partial charge is 0.398 e. The van der Waals surface area contributed by atoms with Gasteiger partial charge in [0.2, 0.25) is 0 Å². The first-order valence-corrected chi connectivity index (χ1v) is 6.47. The first kappa shape index (κ1) is 15.5. The van der Waals surface area contributed by atoms with Crippen molar-refractivity contribution in [1.82, 2.24) is 10.2 Å². The van der Waals surface area contributed by atoms with E-state index in [1.165, 1.54) is 0 Å². The van der Waals surface area contributed by atoms with Crippen LogP contribution in [0.25, 0.3) is 0 Å². The first-order valence-electron chi connectivity index (χ1n) is 6.47. The van der Waals surface area contributed by atoms with Crippen molar-refractivity contribution >= 4 is 11.6 Å². The second kappa shape index (κ2) is 5.61. The highest BCUT2D eigenvalue weighted by molar-refractivity contribution is 5.96. The Labute approximate surface area is 116 Å². The SMILES string of the molecule is Cc1cc(C)c(C(=O)NCC(C)(C)N(C)C)cc1N. The Balaban J connectivity index is 2.83. The van der Waals surface area contributed by atoms with Crippen LogP contribution in [0.5, 0.6) is 0 Å². The van der Waals surface area contributed by atoms with Gasteiger partial charge in [0.1, 0.15) is 0 Å². The number of hydrogen-bond acceptors (Lipinski definition) is 3. The Morgan fingerprint density at radius 2 is 1.84 bits per heavy atom. The molecule has 0 saturated heterocycles. The average molecular weight is 263 g/mol. The van der Waals surface area contributed by atoms with Gasteiger partial charge >= 0.3 is 0 Å². The third kappa shape index (κ3) is 3.70. The molecule has 1 aromatic rings. The molecule has 0 radical (unpaired) electrons. The van der Waals surface area contributed by atoms with Gasteiger partial charge in [0.15, 0.2) is 0 Å². The summed E-state index contributed by atoms with van der Waals surface area (Å²) in [5.74, 6) is -0.0703. The molecule has 0 aliphatic rings. The number of carbonyl (C=O) groups excluding carboxylic acids is 1. The van der Waals surface area contributed by atoms with Crippen LogP contribution < -0.4 is 11.1 Å². The minimum absolute atomic E-state index is 0.0703. The van der Waals surface area contributed by atoms with Crippen LogP contribution >= 0.6 is 0 Å². The van der Waals surface area contributed by atoms with Crippen molar-refractivity contribution in [3.63, 3.8) is 0 Å². The van der Waals surface area contributed by atoms with Gasteiger partial charge in [0.05, 0.1) is 0 Å². The molecule has 0 aliphatic carbocycles. The van der Waals surface area contributed by atoms with Crippen molar-refractivity contribution in [2.45, 2.75) is 33.2 Å². The summed E-state index contributed by atoms with van der Waals surface area (Å²) in [7, 11) is 4.00. The van der Waals surface area contributed by atoms with Crippen LogP contribution in [-0.4, -0.2) is 37.0 Å². The van der Waals surface area contributed by atoms with E-state index in [9.17, 15) is 4.79 Å². The predicted molar refractivity (Wildman–Crippen MR) is 80.4 cm³/mol. The summed E-state index contributed by atoms with van der Waals surface area (Å²) in [6.45, 7) is 8.64. The highest BCUT2D eigenvalue weighted by Gasteiger charge is 2.22. The number of carbonyl (C=O) groups is 1. The van der Waals surface area contributed by atoms with Crippen molar-refractivity contribution in [2.24, 2.45) is 0 Å². The van der Waals surface area contributed by atoms with Gasteiger partial charge in [-0.2, -0.15) is 0 Å². The number of anilines is 1. The molecule has 0 atom stereocenters. The zero-order valence-corrected chi connectivity index (χ0v) is 12.8. The van der Waals surface area contributed by atoms with Gasteiger partial charge in [-0.1, -0.05) is 6.07 Å². The van der Waals surface area contributed by atoms with Crippen molar-refractivity contribution < 1.29 is 4.79 Å². The Bertz CT molecular complexity index is 479. The third-order valence-electron chi connectivity index (χ3n) is 3.75. The molecule has 0 spiro atoms. The van der Waals surface area contributed by atoms with Crippen LogP contribution in [0.1, 0.15) is 35.3 Å². The van der Waals surface area contributed by atoms with Crippen LogP contribution in [-0.2, 0) is 0 Å². The second-order valence-corrected chi connectivity index (χ2v) is 5.91. The molecule has 0 heterocycles. The summed E-state index contributed by atoms with van der Waals surface area (Å²) < 4.78 is 0. The summed E-state index contributed by atoms with van der Waals surface area (Å²) in [5, 5.41) is 2.97. The fraction of sp³-hybridized carbons (Fsp3) is 0.533. The maximum Gasteiger partial charge on any atom is 0.251 e. The quantitative estimate of drug-likeness (QED) is 0.816. The standard InChI is InChI=1S/C15H25N3O/c1-10-7-11(2)13(16)8-12(10)14(19)17-9-15(3,4)18(5)6/h7-8H,9,16H2,1-6H3,(H,17,19). The molecule has 19 heavy (non-hydrogen) atoms. The highest BCUT2D eigenvalue weighted by atomic mass is 16.1. The van der Waals surface area contributed by atoms with Crippen LogP contribution in [0, 0.1) is 13.8 Å². The van der Waals surface area contributed by atoms with Gasteiger partial charge in [-0.25, -0.2) is 0 Å². The lowest BCUT2D eigenvalue weighted by molar-refractivity contribution is 0.0919. The van der Waals surface area contributed by atoms with Gasteiger partial charge in [-0.3, -0.25) is 4.79 Å². The van der Waals surface area contributed by atoms with E-state index in [4.69, 9.17) is 5.73 Å². The molecule has 0 saturated carbocycles. The van der Waals surface area contributed by atoms with E-state index >= 15 is 0 Å². The topological polar surface area (TPSA) is 58.4 Å².